The van der Waals surface area contributed by atoms with Crippen LogP contribution >= 0.6 is 0 Å². The number of carbonyl (C=O) groups is 1. The van der Waals surface area contributed by atoms with Gasteiger partial charge in [0.25, 0.3) is 0 Å². The van der Waals surface area contributed by atoms with E-state index >= 15 is 0 Å². The summed E-state index contributed by atoms with van der Waals surface area (Å²) in [5, 5.41) is 9.73. The minimum absolute atomic E-state index is 0.174. The lowest BCUT2D eigenvalue weighted by atomic mass is 9.92. The number of benzene rings is 3. The lowest BCUT2D eigenvalue weighted by Crippen LogP contribution is -2.11. The van der Waals surface area contributed by atoms with Gasteiger partial charge in [-0.2, -0.15) is 0 Å². The molecule has 0 radical (unpaired) electrons. The molecule has 0 spiro atoms. The molecular weight excluding hydrogens is 317 g/mol. The Hall–Kier alpha value is -3.14. The maximum atomic E-state index is 13.5. The summed E-state index contributed by atoms with van der Waals surface area (Å²) in [5.74, 6) is -0.501. The van der Waals surface area contributed by atoms with Crippen LogP contribution in [0.4, 0.5) is 4.39 Å². The van der Waals surface area contributed by atoms with Crippen LogP contribution < -0.4 is 5.73 Å². The summed E-state index contributed by atoms with van der Waals surface area (Å²) in [6.45, 7) is 0. The molecule has 0 aliphatic carbocycles. The highest BCUT2D eigenvalue weighted by Crippen LogP contribution is 2.31. The van der Waals surface area contributed by atoms with Crippen molar-refractivity contribution in [1.29, 1.82) is 0 Å². The molecular formula is C21H18FNO2. The van der Waals surface area contributed by atoms with E-state index in [9.17, 15) is 14.3 Å². The number of nitrogens with two attached hydrogens (primary N) is 1. The summed E-state index contributed by atoms with van der Waals surface area (Å²) in [7, 11) is 0. The van der Waals surface area contributed by atoms with E-state index in [2.05, 4.69) is 0 Å². The third kappa shape index (κ3) is 4.04. The molecule has 0 heterocycles. The van der Waals surface area contributed by atoms with Gasteiger partial charge in [-0.15, -0.1) is 0 Å². The first-order valence-electron chi connectivity index (χ1n) is 7.99. The van der Waals surface area contributed by atoms with Crippen LogP contribution in [0, 0.1) is 5.82 Å². The zero-order valence-corrected chi connectivity index (χ0v) is 13.6. The fourth-order valence-corrected chi connectivity index (χ4v) is 2.86. The predicted octanol–water partition coefficient (Wildman–Crippen LogP) is 4.28. The first-order chi connectivity index (χ1) is 12.0. The molecule has 3 N–H and O–H groups in total. The number of phenols is 1. The normalized spacial score (nSPS) is 10.6. The van der Waals surface area contributed by atoms with Crippen LogP contribution in [0.5, 0.6) is 5.75 Å². The zero-order chi connectivity index (χ0) is 17.8. The fraction of sp³-hybridized carbons (Fsp3) is 0.0952. The SMILES string of the molecule is NC(=O)CCc1cc(-c2cccc(F)c2)ccc1-c1cccc(O)c1. The number of carbonyl (C=O) groups excluding carboxylic acids is 1. The first kappa shape index (κ1) is 16.7. The number of phenolic OH excluding ortho intramolecular Hbond substituents is 1. The number of aryl methyl sites for hydroxylation is 1. The molecule has 4 heteroatoms. The Balaban J connectivity index is 2.07. The minimum atomic E-state index is -0.377. The van der Waals surface area contributed by atoms with E-state index in [-0.39, 0.29) is 23.9 Å². The van der Waals surface area contributed by atoms with Gasteiger partial charge in [-0.3, -0.25) is 4.79 Å². The van der Waals surface area contributed by atoms with Crippen molar-refractivity contribution in [2.75, 3.05) is 0 Å². The highest BCUT2D eigenvalue weighted by molar-refractivity contribution is 5.77. The van der Waals surface area contributed by atoms with Gasteiger partial charge in [0.1, 0.15) is 11.6 Å². The Bertz CT molecular complexity index is 921. The van der Waals surface area contributed by atoms with Crippen molar-refractivity contribution in [2.24, 2.45) is 5.73 Å². The van der Waals surface area contributed by atoms with Gasteiger partial charge in [-0.25, -0.2) is 4.39 Å². The van der Waals surface area contributed by atoms with Crippen LogP contribution in [0.3, 0.4) is 0 Å². The Morgan fingerprint density at radius 1 is 0.920 bits per heavy atom. The van der Waals surface area contributed by atoms with Crippen molar-refractivity contribution in [3.63, 3.8) is 0 Å². The first-order valence-corrected chi connectivity index (χ1v) is 7.99. The second kappa shape index (κ2) is 7.18. The number of rotatable bonds is 5. The number of hydrogen-bond donors (Lipinski definition) is 2. The molecule has 0 saturated heterocycles. The lowest BCUT2D eigenvalue weighted by molar-refractivity contribution is -0.117. The molecule has 25 heavy (non-hydrogen) atoms. The summed E-state index contributed by atoms with van der Waals surface area (Å²) < 4.78 is 13.5. The number of hydrogen-bond acceptors (Lipinski definition) is 2. The minimum Gasteiger partial charge on any atom is -0.508 e. The van der Waals surface area contributed by atoms with Crippen molar-refractivity contribution in [3.05, 3.63) is 78.1 Å². The van der Waals surface area contributed by atoms with Gasteiger partial charge in [0.15, 0.2) is 0 Å². The van der Waals surface area contributed by atoms with Crippen molar-refractivity contribution < 1.29 is 14.3 Å². The van der Waals surface area contributed by atoms with E-state index in [0.29, 0.717) is 6.42 Å². The van der Waals surface area contributed by atoms with Gasteiger partial charge in [-0.1, -0.05) is 42.5 Å². The van der Waals surface area contributed by atoms with Crippen LogP contribution in [0.25, 0.3) is 22.3 Å². The second-order valence-electron chi connectivity index (χ2n) is 5.90. The second-order valence-corrected chi connectivity index (χ2v) is 5.90. The van der Waals surface area contributed by atoms with Gasteiger partial charge < -0.3 is 10.8 Å². The maximum absolute atomic E-state index is 13.5. The molecule has 3 rings (SSSR count). The number of primary amides is 1. The van der Waals surface area contributed by atoms with Crippen molar-refractivity contribution in [3.8, 4) is 28.0 Å². The standard InChI is InChI=1S/C21H18FNO2/c22-18-5-1-3-14(12-18)15-7-9-20(16-4-2-6-19(24)13-16)17(11-15)8-10-21(23)25/h1-7,9,11-13,24H,8,10H2,(H2,23,25). The number of aromatic hydroxyl groups is 1. The number of halogens is 1. The van der Waals surface area contributed by atoms with Gasteiger partial charge in [0.05, 0.1) is 0 Å². The lowest BCUT2D eigenvalue weighted by Gasteiger charge is -2.13. The smallest absolute Gasteiger partial charge is 0.217 e. The molecule has 1 amide bonds. The Kier molecular flexibility index (Phi) is 4.80. The van der Waals surface area contributed by atoms with Crippen molar-refractivity contribution in [1.82, 2.24) is 0 Å². The molecule has 3 nitrogen and oxygen atoms in total. The van der Waals surface area contributed by atoms with E-state index in [1.807, 2.05) is 30.3 Å². The largest absolute Gasteiger partial charge is 0.508 e. The molecule has 0 saturated carbocycles. The molecule has 0 unspecified atom stereocenters. The van der Waals surface area contributed by atoms with Gasteiger partial charge in [0.2, 0.25) is 5.91 Å². The Morgan fingerprint density at radius 3 is 2.36 bits per heavy atom. The van der Waals surface area contributed by atoms with E-state index in [1.54, 1.807) is 24.3 Å². The Labute approximate surface area is 145 Å². The summed E-state index contributed by atoms with van der Waals surface area (Å²) in [6.07, 6.45) is 0.696. The molecule has 0 fully saturated rings. The molecule has 0 bridgehead atoms. The van der Waals surface area contributed by atoms with Crippen molar-refractivity contribution >= 4 is 5.91 Å². The maximum Gasteiger partial charge on any atom is 0.217 e. The molecule has 3 aromatic carbocycles. The van der Waals surface area contributed by atoms with E-state index in [0.717, 1.165) is 27.8 Å². The van der Waals surface area contributed by atoms with Crippen LogP contribution in [0.1, 0.15) is 12.0 Å². The average Bonchev–Trinajstić information content (AvgIpc) is 2.59. The highest BCUT2D eigenvalue weighted by atomic mass is 19.1. The summed E-state index contributed by atoms with van der Waals surface area (Å²) >= 11 is 0. The van der Waals surface area contributed by atoms with Crippen LogP contribution in [-0.4, -0.2) is 11.0 Å². The topological polar surface area (TPSA) is 63.3 Å². The third-order valence-electron chi connectivity index (χ3n) is 4.06. The summed E-state index contributed by atoms with van der Waals surface area (Å²) in [5.41, 5.74) is 9.61. The monoisotopic (exact) mass is 335 g/mol. The van der Waals surface area contributed by atoms with E-state index in [1.165, 1.54) is 12.1 Å². The van der Waals surface area contributed by atoms with E-state index in [4.69, 9.17) is 5.73 Å². The molecule has 0 aromatic heterocycles. The highest BCUT2D eigenvalue weighted by Gasteiger charge is 2.10. The van der Waals surface area contributed by atoms with Gasteiger partial charge in [-0.05, 0) is 58.5 Å². The number of amides is 1. The molecule has 0 aliphatic rings. The third-order valence-corrected chi connectivity index (χ3v) is 4.06. The molecule has 126 valence electrons. The zero-order valence-electron chi connectivity index (χ0n) is 13.6. The van der Waals surface area contributed by atoms with Crippen LogP contribution in [0.2, 0.25) is 0 Å². The molecule has 0 aliphatic heterocycles. The predicted molar refractivity (Wildman–Crippen MR) is 96.5 cm³/mol. The summed E-state index contributed by atoms with van der Waals surface area (Å²) in [6, 6.07) is 19.1. The van der Waals surface area contributed by atoms with Gasteiger partial charge in [0, 0.05) is 6.42 Å². The fourth-order valence-electron chi connectivity index (χ4n) is 2.86. The van der Waals surface area contributed by atoms with E-state index < -0.39 is 0 Å². The molecule has 3 aromatic rings. The Morgan fingerprint density at radius 2 is 1.64 bits per heavy atom. The van der Waals surface area contributed by atoms with Crippen LogP contribution in [0.15, 0.2) is 66.7 Å². The van der Waals surface area contributed by atoms with Crippen molar-refractivity contribution in [2.45, 2.75) is 12.8 Å². The average molecular weight is 335 g/mol. The quantitative estimate of drug-likeness (QED) is 0.731. The molecule has 0 atom stereocenters. The van der Waals surface area contributed by atoms with Gasteiger partial charge >= 0.3 is 0 Å². The van der Waals surface area contributed by atoms with Crippen LogP contribution in [-0.2, 0) is 11.2 Å². The summed E-state index contributed by atoms with van der Waals surface area (Å²) in [4.78, 5) is 11.2.